The summed E-state index contributed by atoms with van der Waals surface area (Å²) in [5, 5.41) is 0.415. The van der Waals surface area contributed by atoms with E-state index in [1.54, 1.807) is 17.0 Å². The van der Waals surface area contributed by atoms with Crippen LogP contribution in [0.15, 0.2) is 65.6 Å². The zero-order chi connectivity index (χ0) is 28.6. The molecule has 1 aliphatic heterocycles. The minimum absolute atomic E-state index is 0.123. The van der Waals surface area contributed by atoms with E-state index in [4.69, 9.17) is 38.0 Å². The van der Waals surface area contributed by atoms with Crippen LogP contribution in [0.5, 0.6) is 17.2 Å². The van der Waals surface area contributed by atoms with Crippen molar-refractivity contribution >= 4 is 51.9 Å². The van der Waals surface area contributed by atoms with Gasteiger partial charge in [0, 0.05) is 6.42 Å². The van der Waals surface area contributed by atoms with E-state index in [0.717, 1.165) is 16.9 Å². The third-order valence-corrected chi connectivity index (χ3v) is 7.93. The second kappa shape index (κ2) is 14.1. The first kappa shape index (κ1) is 30.0. The predicted octanol–water partition coefficient (Wildman–Crippen LogP) is 8.42. The molecule has 0 unspecified atom stereocenters. The lowest BCUT2D eigenvalue weighted by atomic mass is 10.0. The van der Waals surface area contributed by atoms with Crippen LogP contribution in [0.3, 0.4) is 0 Å². The molecular weight excluding hydrogens is 562 g/mol. The van der Waals surface area contributed by atoms with Gasteiger partial charge in [-0.15, -0.1) is 0 Å². The molecule has 210 valence electrons. The quantitative estimate of drug-likeness (QED) is 0.119. The van der Waals surface area contributed by atoms with Gasteiger partial charge in [0.15, 0.2) is 11.5 Å². The Morgan fingerprint density at radius 1 is 1.00 bits per heavy atom. The van der Waals surface area contributed by atoms with Crippen molar-refractivity contribution in [2.45, 2.75) is 46.6 Å². The van der Waals surface area contributed by atoms with E-state index in [2.05, 4.69) is 39.0 Å². The molecule has 40 heavy (non-hydrogen) atoms. The molecule has 0 aromatic heterocycles. The Hall–Kier alpha value is -3.00. The fourth-order valence-corrected chi connectivity index (χ4v) is 5.82. The molecule has 1 fully saturated rings. The van der Waals surface area contributed by atoms with Gasteiger partial charge in [-0.3, -0.25) is 9.69 Å². The number of carbonyl (C=O) groups is 1. The summed E-state index contributed by atoms with van der Waals surface area (Å²) in [4.78, 5) is 15.3. The molecule has 0 aliphatic carbocycles. The van der Waals surface area contributed by atoms with E-state index in [1.807, 2.05) is 43.3 Å². The summed E-state index contributed by atoms with van der Waals surface area (Å²) in [5.41, 5.74) is 4.13. The number of benzene rings is 3. The van der Waals surface area contributed by atoms with Gasteiger partial charge >= 0.3 is 0 Å². The largest absolute Gasteiger partial charge is 0.493 e. The molecule has 3 aromatic rings. The summed E-state index contributed by atoms with van der Waals surface area (Å²) >= 11 is 13.4. The summed E-state index contributed by atoms with van der Waals surface area (Å²) in [7, 11) is 0. The van der Waals surface area contributed by atoms with Crippen molar-refractivity contribution in [2.24, 2.45) is 0 Å². The molecule has 1 saturated heterocycles. The molecule has 1 amide bonds. The highest BCUT2D eigenvalue weighted by molar-refractivity contribution is 8.26. The first-order chi connectivity index (χ1) is 19.3. The Balaban J connectivity index is 1.41. The number of nitrogens with zero attached hydrogens (tertiary/aromatic N) is 1. The standard InChI is InChI=1S/C32H34ClNO4S2/c1-5-36-28-18-24(19-29-31(35)34(32(39)40-29)20-23-10-7-6-8-11-23)17-26(33)30(28)38-15-9-14-37-27-16-22(4)12-13-25(27)21(2)3/h6-8,10-13,16-19,21H,5,9,14-15,20H2,1-4H3/b29-19+. The fourth-order valence-electron chi connectivity index (χ4n) is 4.29. The van der Waals surface area contributed by atoms with Crippen LogP contribution in [-0.4, -0.2) is 34.9 Å². The molecular formula is C32H34ClNO4S2. The Morgan fingerprint density at radius 3 is 2.48 bits per heavy atom. The number of aryl methyl sites for hydroxylation is 1. The van der Waals surface area contributed by atoms with Crippen LogP contribution < -0.4 is 14.2 Å². The highest BCUT2D eigenvalue weighted by Crippen LogP contribution is 2.39. The second-order valence-electron chi connectivity index (χ2n) is 9.76. The number of ether oxygens (including phenoxy) is 3. The highest BCUT2D eigenvalue weighted by atomic mass is 35.5. The number of rotatable bonds is 12. The molecule has 3 aromatic carbocycles. The number of carbonyl (C=O) groups excluding carboxylic acids is 1. The predicted molar refractivity (Wildman–Crippen MR) is 169 cm³/mol. The molecule has 0 spiro atoms. The van der Waals surface area contributed by atoms with Gasteiger partial charge in [0.25, 0.3) is 5.91 Å². The number of hydrogen-bond donors (Lipinski definition) is 0. The highest BCUT2D eigenvalue weighted by Gasteiger charge is 2.32. The zero-order valence-corrected chi connectivity index (χ0v) is 25.6. The third-order valence-electron chi connectivity index (χ3n) is 6.27. The molecule has 0 radical (unpaired) electrons. The van der Waals surface area contributed by atoms with Crippen LogP contribution in [0.25, 0.3) is 6.08 Å². The van der Waals surface area contributed by atoms with Gasteiger partial charge in [0.2, 0.25) is 0 Å². The normalized spacial score (nSPS) is 14.3. The maximum Gasteiger partial charge on any atom is 0.266 e. The maximum absolute atomic E-state index is 13.1. The molecule has 1 aliphatic rings. The summed E-state index contributed by atoms with van der Waals surface area (Å²) in [6.07, 6.45) is 2.48. The SMILES string of the molecule is CCOc1cc(/C=C2/SC(=S)N(Cc3ccccc3)C2=O)cc(Cl)c1OCCCOc1cc(C)ccc1C(C)C. The first-order valence-electron chi connectivity index (χ1n) is 13.4. The van der Waals surface area contributed by atoms with Crippen molar-refractivity contribution in [3.8, 4) is 17.2 Å². The fraction of sp³-hybridized carbons (Fsp3) is 0.312. The molecule has 0 atom stereocenters. The van der Waals surface area contributed by atoms with Crippen LogP contribution >= 0.6 is 35.6 Å². The van der Waals surface area contributed by atoms with Crippen molar-refractivity contribution in [1.29, 1.82) is 0 Å². The molecule has 0 saturated carbocycles. The van der Waals surface area contributed by atoms with Crippen molar-refractivity contribution < 1.29 is 19.0 Å². The number of hydrogen-bond acceptors (Lipinski definition) is 6. The lowest BCUT2D eigenvalue weighted by molar-refractivity contribution is -0.122. The van der Waals surface area contributed by atoms with E-state index >= 15 is 0 Å². The van der Waals surface area contributed by atoms with E-state index in [0.29, 0.717) is 64.5 Å². The second-order valence-corrected chi connectivity index (χ2v) is 11.8. The summed E-state index contributed by atoms with van der Waals surface area (Å²) < 4.78 is 18.5. The van der Waals surface area contributed by atoms with E-state index in [1.165, 1.54) is 22.9 Å². The lowest BCUT2D eigenvalue weighted by Gasteiger charge is -2.16. The Labute approximate surface area is 251 Å². The van der Waals surface area contributed by atoms with Crippen molar-refractivity contribution in [2.75, 3.05) is 19.8 Å². The summed E-state index contributed by atoms with van der Waals surface area (Å²) in [5.74, 6) is 2.19. The average Bonchev–Trinajstić information content (AvgIpc) is 3.17. The number of amides is 1. The van der Waals surface area contributed by atoms with Crippen molar-refractivity contribution in [3.63, 3.8) is 0 Å². The van der Waals surface area contributed by atoms with Gasteiger partial charge in [-0.25, -0.2) is 0 Å². The van der Waals surface area contributed by atoms with Gasteiger partial charge < -0.3 is 14.2 Å². The molecule has 4 rings (SSSR count). The summed E-state index contributed by atoms with van der Waals surface area (Å²) in [6.45, 7) is 10.1. The average molecular weight is 596 g/mol. The molecule has 0 bridgehead atoms. The van der Waals surface area contributed by atoms with Crippen LogP contribution in [0.1, 0.15) is 55.4 Å². The van der Waals surface area contributed by atoms with Gasteiger partial charge in [0.05, 0.1) is 36.3 Å². The first-order valence-corrected chi connectivity index (χ1v) is 15.0. The minimum Gasteiger partial charge on any atom is -0.493 e. The van der Waals surface area contributed by atoms with Gasteiger partial charge in [-0.1, -0.05) is 91.9 Å². The van der Waals surface area contributed by atoms with Crippen LogP contribution in [0.2, 0.25) is 5.02 Å². The number of thiocarbonyl (C=S) groups is 1. The molecule has 8 heteroatoms. The van der Waals surface area contributed by atoms with Crippen molar-refractivity contribution in [1.82, 2.24) is 4.90 Å². The van der Waals surface area contributed by atoms with E-state index in [-0.39, 0.29) is 5.91 Å². The zero-order valence-electron chi connectivity index (χ0n) is 23.2. The molecule has 5 nitrogen and oxygen atoms in total. The monoisotopic (exact) mass is 595 g/mol. The van der Waals surface area contributed by atoms with E-state index < -0.39 is 0 Å². The minimum atomic E-state index is -0.123. The topological polar surface area (TPSA) is 48.0 Å². The van der Waals surface area contributed by atoms with Gasteiger partial charge in [-0.2, -0.15) is 0 Å². The third kappa shape index (κ3) is 7.59. The van der Waals surface area contributed by atoms with Gasteiger partial charge in [-0.05, 0) is 66.3 Å². The lowest BCUT2D eigenvalue weighted by Crippen LogP contribution is -2.27. The Morgan fingerprint density at radius 2 is 1.75 bits per heavy atom. The number of halogens is 1. The van der Waals surface area contributed by atoms with Crippen LogP contribution in [0.4, 0.5) is 0 Å². The number of thioether (sulfide) groups is 1. The Bertz CT molecular complexity index is 1390. The van der Waals surface area contributed by atoms with E-state index in [9.17, 15) is 4.79 Å². The van der Waals surface area contributed by atoms with Crippen molar-refractivity contribution in [3.05, 3.63) is 92.8 Å². The van der Waals surface area contributed by atoms with Gasteiger partial charge in [0.1, 0.15) is 10.1 Å². The maximum atomic E-state index is 13.1. The Kier molecular flexibility index (Phi) is 10.5. The summed E-state index contributed by atoms with van der Waals surface area (Å²) in [6, 6.07) is 19.7. The molecule has 1 heterocycles. The smallest absolute Gasteiger partial charge is 0.266 e. The van der Waals surface area contributed by atoms with Crippen LogP contribution in [-0.2, 0) is 11.3 Å². The van der Waals surface area contributed by atoms with Crippen LogP contribution in [0, 0.1) is 6.92 Å². The molecule has 0 N–H and O–H groups in total.